The zero-order chi connectivity index (χ0) is 15.7. The number of amides is 1. The van der Waals surface area contributed by atoms with E-state index in [1.165, 1.54) is 12.1 Å². The molecule has 1 aromatic carbocycles. The van der Waals surface area contributed by atoms with Gasteiger partial charge in [0.25, 0.3) is 5.91 Å². The van der Waals surface area contributed by atoms with Gasteiger partial charge >= 0.3 is 6.18 Å². The summed E-state index contributed by atoms with van der Waals surface area (Å²) >= 11 is 1.77. The maximum absolute atomic E-state index is 12.8. The molecule has 3 N–H and O–H groups in total. The second-order valence-electron chi connectivity index (χ2n) is 5.35. The summed E-state index contributed by atoms with van der Waals surface area (Å²) in [6.07, 6.45) is -2.49. The lowest BCUT2D eigenvalue weighted by molar-refractivity contribution is -0.136. The lowest BCUT2D eigenvalue weighted by Gasteiger charge is -2.23. The summed E-state index contributed by atoms with van der Waals surface area (Å²) in [5.74, 6) is 0.477. The Hall–Kier alpha value is -1.37. The molecule has 1 atom stereocenters. The predicted octanol–water partition coefficient (Wildman–Crippen LogP) is 3.30. The number of hydrogen-bond donors (Lipinski definition) is 2. The van der Waals surface area contributed by atoms with Crippen LogP contribution in [0.2, 0.25) is 0 Å². The van der Waals surface area contributed by atoms with Crippen molar-refractivity contribution in [2.75, 3.05) is 18.0 Å². The van der Waals surface area contributed by atoms with Crippen LogP contribution in [-0.4, -0.2) is 23.0 Å². The summed E-state index contributed by atoms with van der Waals surface area (Å²) in [6.45, 7) is 2.46. The van der Waals surface area contributed by atoms with Crippen LogP contribution >= 0.6 is 11.8 Å². The first-order valence-electron chi connectivity index (χ1n) is 6.61. The number of nitrogen functional groups attached to an aromatic ring is 1. The van der Waals surface area contributed by atoms with Crippen LogP contribution in [0.4, 0.5) is 18.9 Å². The minimum absolute atomic E-state index is 0.0495. The zero-order valence-electron chi connectivity index (χ0n) is 11.6. The topological polar surface area (TPSA) is 55.1 Å². The molecule has 1 unspecified atom stereocenters. The summed E-state index contributed by atoms with van der Waals surface area (Å²) in [5, 5.41) is 2.69. The SMILES string of the molecule is CC1(CNC(=O)c2cccc(C(F)(F)F)c2N)CCCS1. The molecule has 3 nitrogen and oxygen atoms in total. The van der Waals surface area contributed by atoms with Crippen molar-refractivity contribution in [3.63, 3.8) is 0 Å². The van der Waals surface area contributed by atoms with Crippen molar-refractivity contribution in [1.82, 2.24) is 5.32 Å². The Morgan fingerprint density at radius 3 is 2.76 bits per heavy atom. The second-order valence-corrected chi connectivity index (χ2v) is 7.03. The van der Waals surface area contributed by atoms with Gasteiger partial charge in [-0.2, -0.15) is 24.9 Å². The molecular formula is C14H17F3N2OS. The number of nitrogens with two attached hydrogens (primary N) is 1. The molecule has 21 heavy (non-hydrogen) atoms. The highest BCUT2D eigenvalue weighted by atomic mass is 32.2. The quantitative estimate of drug-likeness (QED) is 0.841. The number of thioether (sulfide) groups is 1. The molecule has 1 amide bonds. The Bertz CT molecular complexity index is 540. The molecule has 1 aliphatic heterocycles. The summed E-state index contributed by atoms with van der Waals surface area (Å²) in [6, 6.07) is 3.38. The lowest BCUT2D eigenvalue weighted by atomic mass is 10.0. The molecular weight excluding hydrogens is 301 g/mol. The number of nitrogens with one attached hydrogen (secondary N) is 1. The Labute approximate surface area is 125 Å². The summed E-state index contributed by atoms with van der Waals surface area (Å²) in [5.41, 5.74) is 3.88. The van der Waals surface area contributed by atoms with Crippen LogP contribution in [0, 0.1) is 0 Å². The van der Waals surface area contributed by atoms with Crippen molar-refractivity contribution >= 4 is 23.4 Å². The molecule has 1 aliphatic rings. The molecule has 2 rings (SSSR count). The maximum atomic E-state index is 12.8. The van der Waals surface area contributed by atoms with E-state index in [0.717, 1.165) is 24.7 Å². The minimum Gasteiger partial charge on any atom is -0.398 e. The number of para-hydroxylation sites is 1. The van der Waals surface area contributed by atoms with Gasteiger partial charge in [0, 0.05) is 11.3 Å². The predicted molar refractivity (Wildman–Crippen MR) is 78.3 cm³/mol. The number of rotatable bonds is 3. The molecule has 116 valence electrons. The molecule has 1 heterocycles. The summed E-state index contributed by atoms with van der Waals surface area (Å²) in [4.78, 5) is 12.1. The van der Waals surface area contributed by atoms with Gasteiger partial charge in [-0.05, 0) is 37.7 Å². The highest BCUT2D eigenvalue weighted by molar-refractivity contribution is 8.00. The Kier molecular flexibility index (Phi) is 4.41. The van der Waals surface area contributed by atoms with Crippen molar-refractivity contribution in [2.45, 2.75) is 30.7 Å². The first kappa shape index (κ1) is 16.0. The fourth-order valence-electron chi connectivity index (χ4n) is 2.35. The molecule has 0 bridgehead atoms. The lowest BCUT2D eigenvalue weighted by Crippen LogP contribution is -2.37. The molecule has 0 aromatic heterocycles. The average molecular weight is 318 g/mol. The van der Waals surface area contributed by atoms with E-state index in [4.69, 9.17) is 5.73 Å². The smallest absolute Gasteiger partial charge is 0.398 e. The van der Waals surface area contributed by atoms with Crippen LogP contribution in [0.15, 0.2) is 18.2 Å². The molecule has 1 fully saturated rings. The molecule has 1 saturated heterocycles. The van der Waals surface area contributed by atoms with Crippen LogP contribution < -0.4 is 11.1 Å². The molecule has 0 saturated carbocycles. The average Bonchev–Trinajstić information content (AvgIpc) is 2.82. The van der Waals surface area contributed by atoms with E-state index >= 15 is 0 Å². The van der Waals surface area contributed by atoms with Crippen molar-refractivity contribution in [3.8, 4) is 0 Å². The second kappa shape index (κ2) is 5.79. The fraction of sp³-hybridized carbons (Fsp3) is 0.500. The number of alkyl halides is 3. The Morgan fingerprint density at radius 1 is 1.48 bits per heavy atom. The minimum atomic E-state index is -4.56. The number of carbonyl (C=O) groups is 1. The van der Waals surface area contributed by atoms with Crippen molar-refractivity contribution < 1.29 is 18.0 Å². The zero-order valence-corrected chi connectivity index (χ0v) is 12.4. The molecule has 1 aromatic rings. The maximum Gasteiger partial charge on any atom is 0.418 e. The first-order valence-corrected chi connectivity index (χ1v) is 7.59. The van der Waals surface area contributed by atoms with Crippen molar-refractivity contribution in [3.05, 3.63) is 29.3 Å². The third-order valence-corrected chi connectivity index (χ3v) is 5.12. The molecule has 0 radical (unpaired) electrons. The van der Waals surface area contributed by atoms with Gasteiger partial charge in [-0.25, -0.2) is 0 Å². The Balaban J connectivity index is 2.13. The van der Waals surface area contributed by atoms with Crippen molar-refractivity contribution in [1.29, 1.82) is 0 Å². The standard InChI is InChI=1S/C14H17F3N2OS/c1-13(6-3-7-21-13)8-19-12(20)9-4-2-5-10(11(9)18)14(15,16)17/h2,4-5H,3,6-8,18H2,1H3,(H,19,20). The first-order chi connectivity index (χ1) is 9.73. The number of anilines is 1. The van der Waals surface area contributed by atoms with Crippen LogP contribution in [0.3, 0.4) is 0 Å². The van der Waals surface area contributed by atoms with E-state index in [1.807, 2.05) is 6.92 Å². The van der Waals surface area contributed by atoms with E-state index in [9.17, 15) is 18.0 Å². The highest BCUT2D eigenvalue weighted by Gasteiger charge is 2.35. The van der Waals surface area contributed by atoms with Gasteiger partial charge in [0.1, 0.15) is 0 Å². The molecule has 0 spiro atoms. The van der Waals surface area contributed by atoms with Crippen molar-refractivity contribution in [2.24, 2.45) is 0 Å². The Morgan fingerprint density at radius 2 is 2.19 bits per heavy atom. The number of halogens is 3. The van der Waals surface area contributed by atoms with Crippen LogP contribution in [0.1, 0.15) is 35.7 Å². The third-order valence-electron chi connectivity index (χ3n) is 3.58. The van der Waals surface area contributed by atoms with Gasteiger partial charge in [-0.3, -0.25) is 4.79 Å². The van der Waals surface area contributed by atoms with Gasteiger partial charge in [-0.15, -0.1) is 0 Å². The fourth-order valence-corrected chi connectivity index (χ4v) is 3.59. The number of carbonyl (C=O) groups excluding carboxylic acids is 1. The van der Waals surface area contributed by atoms with Gasteiger partial charge in [0.05, 0.1) is 16.8 Å². The highest BCUT2D eigenvalue weighted by Crippen LogP contribution is 2.37. The molecule has 7 heteroatoms. The van der Waals surface area contributed by atoms with Gasteiger partial charge in [0.2, 0.25) is 0 Å². The summed E-state index contributed by atoms with van der Waals surface area (Å²) in [7, 11) is 0. The van der Waals surface area contributed by atoms with E-state index in [0.29, 0.717) is 6.54 Å². The normalized spacial score (nSPS) is 22.3. The van der Waals surface area contributed by atoms with E-state index in [2.05, 4.69) is 5.32 Å². The number of benzene rings is 1. The monoisotopic (exact) mass is 318 g/mol. The molecule has 0 aliphatic carbocycles. The number of hydrogen-bond acceptors (Lipinski definition) is 3. The van der Waals surface area contributed by atoms with Crippen LogP contribution in [0.5, 0.6) is 0 Å². The summed E-state index contributed by atoms with van der Waals surface area (Å²) < 4.78 is 38.3. The third kappa shape index (κ3) is 3.64. The van der Waals surface area contributed by atoms with E-state index in [-0.39, 0.29) is 10.3 Å². The van der Waals surface area contributed by atoms with Gasteiger partial charge in [-0.1, -0.05) is 6.07 Å². The van der Waals surface area contributed by atoms with Gasteiger partial charge < -0.3 is 11.1 Å². The van der Waals surface area contributed by atoms with Crippen LogP contribution in [-0.2, 0) is 6.18 Å². The van der Waals surface area contributed by atoms with E-state index in [1.54, 1.807) is 11.8 Å². The van der Waals surface area contributed by atoms with Gasteiger partial charge in [0.15, 0.2) is 0 Å². The van der Waals surface area contributed by atoms with Crippen LogP contribution in [0.25, 0.3) is 0 Å². The largest absolute Gasteiger partial charge is 0.418 e. The van der Waals surface area contributed by atoms with E-state index < -0.39 is 23.3 Å².